The van der Waals surface area contributed by atoms with Gasteiger partial charge in [0.25, 0.3) is 0 Å². The van der Waals surface area contributed by atoms with E-state index in [0.29, 0.717) is 24.8 Å². The molecule has 0 aliphatic carbocycles. The van der Waals surface area contributed by atoms with E-state index in [2.05, 4.69) is 12.2 Å². The number of methoxy groups -OCH3 is 1. The first-order valence-corrected chi connectivity index (χ1v) is 8.17. The Morgan fingerprint density at radius 1 is 1.30 bits per heavy atom. The number of amides is 1. The molecule has 0 radical (unpaired) electrons. The fraction of sp³-hybridized carbons (Fsp3) is 0.611. The molecule has 1 N–H and O–H groups in total. The molecule has 4 nitrogen and oxygen atoms in total. The molecule has 2 rings (SSSR count). The Labute approximate surface area is 146 Å². The highest BCUT2D eigenvalue weighted by atomic mass is 35.5. The van der Waals surface area contributed by atoms with Crippen LogP contribution in [0.15, 0.2) is 24.3 Å². The van der Waals surface area contributed by atoms with E-state index in [1.165, 1.54) is 12.8 Å². The van der Waals surface area contributed by atoms with Gasteiger partial charge in [0.15, 0.2) is 0 Å². The molecular weight excluding hydrogens is 312 g/mol. The minimum absolute atomic E-state index is 0. The maximum atomic E-state index is 12.4. The van der Waals surface area contributed by atoms with Gasteiger partial charge in [0.05, 0.1) is 7.11 Å². The van der Waals surface area contributed by atoms with Gasteiger partial charge in [-0.15, -0.1) is 12.4 Å². The van der Waals surface area contributed by atoms with Gasteiger partial charge in [0.2, 0.25) is 5.91 Å². The number of ether oxygens (including phenoxy) is 1. The Morgan fingerprint density at radius 3 is 2.48 bits per heavy atom. The van der Waals surface area contributed by atoms with Crippen LogP contribution >= 0.6 is 12.4 Å². The lowest BCUT2D eigenvalue weighted by Gasteiger charge is -2.29. The lowest BCUT2D eigenvalue weighted by Crippen LogP contribution is -2.34. The van der Waals surface area contributed by atoms with E-state index in [9.17, 15) is 4.79 Å². The normalized spacial score (nSPS) is 16.3. The van der Waals surface area contributed by atoms with Crippen molar-refractivity contribution in [2.24, 2.45) is 11.8 Å². The molecule has 1 aromatic rings. The zero-order valence-electron chi connectivity index (χ0n) is 14.4. The average molecular weight is 341 g/mol. The van der Waals surface area contributed by atoms with Gasteiger partial charge in [-0.2, -0.15) is 0 Å². The molecule has 1 heterocycles. The van der Waals surface area contributed by atoms with Crippen molar-refractivity contribution in [3.63, 3.8) is 0 Å². The van der Waals surface area contributed by atoms with Crippen LogP contribution in [-0.2, 0) is 11.3 Å². The standard InChI is InChI=1S/C18H28N2O2.ClH/c1-14(16-8-10-19-11-9-16)12-18(21)20(2)13-15-4-6-17(22-3)7-5-15;/h4-7,14,16,19H,8-13H2,1-3H3;1H. The van der Waals surface area contributed by atoms with Crippen LogP contribution in [0.4, 0.5) is 0 Å². The van der Waals surface area contributed by atoms with Crippen molar-refractivity contribution in [1.82, 2.24) is 10.2 Å². The number of halogens is 1. The highest BCUT2D eigenvalue weighted by Gasteiger charge is 2.23. The number of carbonyl (C=O) groups excluding carboxylic acids is 1. The SMILES string of the molecule is COc1ccc(CN(C)C(=O)CC(C)C2CCNCC2)cc1.Cl. The number of rotatable bonds is 6. The van der Waals surface area contributed by atoms with Gasteiger partial charge in [-0.1, -0.05) is 19.1 Å². The topological polar surface area (TPSA) is 41.6 Å². The molecule has 130 valence electrons. The summed E-state index contributed by atoms with van der Waals surface area (Å²) in [6.45, 7) is 5.05. The first kappa shape index (κ1) is 19.8. The molecule has 1 fully saturated rings. The number of hydrogen-bond donors (Lipinski definition) is 1. The van der Waals surface area contributed by atoms with Crippen LogP contribution in [-0.4, -0.2) is 38.1 Å². The number of benzene rings is 1. The van der Waals surface area contributed by atoms with Crippen LogP contribution in [0.2, 0.25) is 0 Å². The lowest BCUT2D eigenvalue weighted by atomic mass is 9.84. The number of piperidine rings is 1. The quantitative estimate of drug-likeness (QED) is 0.865. The molecule has 1 saturated heterocycles. The Morgan fingerprint density at radius 2 is 1.91 bits per heavy atom. The second kappa shape index (κ2) is 9.78. The molecule has 1 aromatic carbocycles. The van der Waals surface area contributed by atoms with Gasteiger partial charge in [-0.05, 0) is 55.5 Å². The molecule has 0 bridgehead atoms. The molecule has 0 spiro atoms. The zero-order chi connectivity index (χ0) is 15.9. The smallest absolute Gasteiger partial charge is 0.222 e. The maximum absolute atomic E-state index is 12.4. The van der Waals surface area contributed by atoms with Crippen molar-refractivity contribution in [2.75, 3.05) is 27.2 Å². The van der Waals surface area contributed by atoms with Crippen molar-refractivity contribution >= 4 is 18.3 Å². The van der Waals surface area contributed by atoms with Crippen LogP contribution in [0.25, 0.3) is 0 Å². The van der Waals surface area contributed by atoms with Crippen LogP contribution in [0.5, 0.6) is 5.75 Å². The summed E-state index contributed by atoms with van der Waals surface area (Å²) in [4.78, 5) is 14.2. The minimum Gasteiger partial charge on any atom is -0.497 e. The third kappa shape index (κ3) is 6.04. The molecule has 5 heteroatoms. The van der Waals surface area contributed by atoms with Gasteiger partial charge in [-0.3, -0.25) is 4.79 Å². The Bertz CT molecular complexity index is 472. The lowest BCUT2D eigenvalue weighted by molar-refractivity contribution is -0.131. The molecule has 23 heavy (non-hydrogen) atoms. The number of carbonyl (C=O) groups is 1. The van der Waals surface area contributed by atoms with Gasteiger partial charge >= 0.3 is 0 Å². The van der Waals surface area contributed by atoms with Crippen LogP contribution in [0.1, 0.15) is 31.7 Å². The summed E-state index contributed by atoms with van der Waals surface area (Å²) in [5, 5.41) is 3.38. The highest BCUT2D eigenvalue weighted by Crippen LogP contribution is 2.25. The molecule has 1 aliphatic rings. The van der Waals surface area contributed by atoms with Gasteiger partial charge in [0.1, 0.15) is 5.75 Å². The number of hydrogen-bond acceptors (Lipinski definition) is 3. The third-order valence-corrected chi connectivity index (χ3v) is 4.69. The first-order chi connectivity index (χ1) is 10.6. The molecule has 1 unspecified atom stereocenters. The first-order valence-electron chi connectivity index (χ1n) is 8.17. The summed E-state index contributed by atoms with van der Waals surface area (Å²) in [5.41, 5.74) is 1.13. The molecule has 1 aliphatic heterocycles. The van der Waals surface area contributed by atoms with Crippen molar-refractivity contribution in [2.45, 2.75) is 32.7 Å². The summed E-state index contributed by atoms with van der Waals surface area (Å²) in [6.07, 6.45) is 3.03. The highest BCUT2D eigenvalue weighted by molar-refractivity contribution is 5.85. The summed E-state index contributed by atoms with van der Waals surface area (Å²) < 4.78 is 5.16. The minimum atomic E-state index is 0. The summed E-state index contributed by atoms with van der Waals surface area (Å²) in [7, 11) is 3.55. The van der Waals surface area contributed by atoms with E-state index >= 15 is 0 Å². The van der Waals surface area contributed by atoms with Gasteiger partial charge < -0.3 is 15.0 Å². The fourth-order valence-electron chi connectivity index (χ4n) is 3.10. The largest absolute Gasteiger partial charge is 0.497 e. The van der Waals surface area contributed by atoms with E-state index in [4.69, 9.17) is 4.74 Å². The van der Waals surface area contributed by atoms with E-state index in [0.717, 1.165) is 24.4 Å². The molecule has 0 saturated carbocycles. The maximum Gasteiger partial charge on any atom is 0.222 e. The Hall–Kier alpha value is -1.26. The van der Waals surface area contributed by atoms with E-state index in [1.54, 1.807) is 7.11 Å². The van der Waals surface area contributed by atoms with Crippen molar-refractivity contribution < 1.29 is 9.53 Å². The van der Waals surface area contributed by atoms with E-state index in [1.807, 2.05) is 36.2 Å². The van der Waals surface area contributed by atoms with Crippen LogP contribution < -0.4 is 10.1 Å². The molecule has 0 aromatic heterocycles. The fourth-order valence-corrected chi connectivity index (χ4v) is 3.10. The summed E-state index contributed by atoms with van der Waals surface area (Å²) >= 11 is 0. The van der Waals surface area contributed by atoms with Crippen LogP contribution in [0, 0.1) is 11.8 Å². The molecule has 1 amide bonds. The second-order valence-corrected chi connectivity index (χ2v) is 6.37. The summed E-state index contributed by atoms with van der Waals surface area (Å²) in [5.74, 6) is 2.23. The number of nitrogens with zero attached hydrogens (tertiary/aromatic N) is 1. The van der Waals surface area contributed by atoms with Crippen molar-refractivity contribution in [1.29, 1.82) is 0 Å². The van der Waals surface area contributed by atoms with Gasteiger partial charge in [0, 0.05) is 20.0 Å². The average Bonchev–Trinajstić information content (AvgIpc) is 2.56. The Kier molecular flexibility index (Phi) is 8.42. The predicted octanol–water partition coefficient (Wildman–Crippen LogP) is 3.10. The van der Waals surface area contributed by atoms with Crippen LogP contribution in [0.3, 0.4) is 0 Å². The Balaban J connectivity index is 0.00000264. The second-order valence-electron chi connectivity index (χ2n) is 6.37. The zero-order valence-corrected chi connectivity index (χ0v) is 15.2. The number of nitrogens with one attached hydrogen (secondary N) is 1. The predicted molar refractivity (Wildman–Crippen MR) is 96.1 cm³/mol. The van der Waals surface area contributed by atoms with E-state index < -0.39 is 0 Å². The molecular formula is C18H29ClN2O2. The molecule has 1 atom stereocenters. The monoisotopic (exact) mass is 340 g/mol. The van der Waals surface area contributed by atoms with Crippen molar-refractivity contribution in [3.05, 3.63) is 29.8 Å². The van der Waals surface area contributed by atoms with Crippen molar-refractivity contribution in [3.8, 4) is 5.75 Å². The summed E-state index contributed by atoms with van der Waals surface area (Å²) in [6, 6.07) is 7.90. The van der Waals surface area contributed by atoms with E-state index in [-0.39, 0.29) is 18.3 Å². The van der Waals surface area contributed by atoms with Gasteiger partial charge in [-0.25, -0.2) is 0 Å². The third-order valence-electron chi connectivity index (χ3n) is 4.69.